The number of carbonyl (C=O) groups is 8. The Morgan fingerprint density at radius 3 is 1.80 bits per heavy atom. The second kappa shape index (κ2) is 24.8. The van der Waals surface area contributed by atoms with Crippen LogP contribution >= 0.6 is 11.6 Å². The molecule has 4 aromatic carbocycles. The van der Waals surface area contributed by atoms with E-state index in [0.717, 1.165) is 11.1 Å². The van der Waals surface area contributed by atoms with Crippen LogP contribution in [0.5, 0.6) is 11.5 Å². The fraction of sp³-hybridized carbons (Fsp3) is 0.439. The maximum absolute atomic E-state index is 15.2. The van der Waals surface area contributed by atoms with Crippen molar-refractivity contribution in [1.29, 1.82) is 0 Å². The van der Waals surface area contributed by atoms with Crippen molar-refractivity contribution < 1.29 is 67.1 Å². The predicted octanol–water partition coefficient (Wildman–Crippen LogP) is 11.1. The Balaban J connectivity index is 1.63. The minimum absolute atomic E-state index is 0.0599. The lowest BCUT2D eigenvalue weighted by Gasteiger charge is -2.32. The molecule has 1 heterocycles. The lowest BCUT2D eigenvalue weighted by Crippen LogP contribution is -2.45. The molecule has 0 fully saturated rings. The minimum Gasteiger partial charge on any atom is -0.480 e. The molecule has 5 rings (SSSR count). The Bertz CT molecular complexity index is 2750. The second-order valence-corrected chi connectivity index (χ2v) is 22.0. The number of carbonyl (C=O) groups excluding carboxylic acids is 7. The fourth-order valence-electron chi connectivity index (χ4n) is 8.20. The Kier molecular flexibility index (Phi) is 19.4. The van der Waals surface area contributed by atoms with E-state index in [1.54, 1.807) is 98.7 Å². The molecule has 0 saturated heterocycles. The quantitative estimate of drug-likeness (QED) is 0.0351. The average Bonchev–Trinajstić information content (AvgIpc) is 3.29. The second-order valence-electron chi connectivity index (χ2n) is 21.6. The van der Waals surface area contributed by atoms with Crippen molar-refractivity contribution in [2.45, 2.75) is 137 Å². The molecule has 4 bridgehead atoms. The average molecular weight is 1050 g/mol. The molecule has 402 valence electrons. The first-order chi connectivity index (χ1) is 35.0. The number of amides is 3. The van der Waals surface area contributed by atoms with E-state index in [1.165, 1.54) is 55.3 Å². The molecule has 1 aliphatic heterocycles. The smallest absolute Gasteiger partial charge is 0.480 e. The van der Waals surface area contributed by atoms with Gasteiger partial charge in [-0.25, -0.2) is 19.2 Å². The van der Waals surface area contributed by atoms with Gasteiger partial charge < -0.3 is 44.3 Å². The monoisotopic (exact) mass is 1050 g/mol. The largest absolute Gasteiger partial charge is 0.514 e. The first kappa shape index (κ1) is 58.6. The maximum Gasteiger partial charge on any atom is 0.514 e. The number of aliphatic carboxylic acids is 1. The van der Waals surface area contributed by atoms with Crippen molar-refractivity contribution in [3.8, 4) is 33.8 Å². The number of fused-ring (bicyclic) bond motifs is 5. The van der Waals surface area contributed by atoms with Gasteiger partial charge in [-0.3, -0.25) is 19.2 Å². The number of nitrogens with zero attached hydrogens (tertiary/aromatic N) is 1. The summed E-state index contributed by atoms with van der Waals surface area (Å²) in [5, 5.41) is 16.1. The number of likely N-dealkylation sites (N-methyl/N-ethyl adjacent to an activating group) is 1. The molecule has 0 aliphatic carbocycles. The number of carboxylic acids is 1. The van der Waals surface area contributed by atoms with Gasteiger partial charge in [-0.2, -0.15) is 0 Å². The SMILES string of the molecule is C[C@@H]1CC(=O)[C@@H](N(C)C(=O)[C@H](CCCCNC(=O)OC(C)(C)C)CC(=O)c2ccc(-c3ccc(Cl)cc3)cc2)c2ccc(OC(=O)OC(C)(C)C)c(c2)-c2cc(ccc2OC(=O)OC(C)(C)C)C[C@@H](C(=O)O)NC1=O. The van der Waals surface area contributed by atoms with Gasteiger partial charge in [0, 0.05) is 66.4 Å². The van der Waals surface area contributed by atoms with Crippen LogP contribution in [0.2, 0.25) is 5.02 Å². The van der Waals surface area contributed by atoms with E-state index >= 15 is 4.79 Å². The summed E-state index contributed by atoms with van der Waals surface area (Å²) >= 11 is 6.10. The van der Waals surface area contributed by atoms with Gasteiger partial charge in [0.1, 0.15) is 40.4 Å². The molecule has 18 heteroatoms. The molecular formula is C57H68ClN3O14. The lowest BCUT2D eigenvalue weighted by atomic mass is 9.88. The van der Waals surface area contributed by atoms with Crippen molar-refractivity contribution >= 4 is 59.4 Å². The molecule has 4 atom stereocenters. The molecule has 0 saturated carbocycles. The molecule has 0 spiro atoms. The van der Waals surface area contributed by atoms with E-state index in [4.69, 9.17) is 35.3 Å². The van der Waals surface area contributed by atoms with Crippen LogP contribution in [-0.4, -0.2) is 94.2 Å². The highest BCUT2D eigenvalue weighted by molar-refractivity contribution is 6.30. The molecule has 1 aliphatic rings. The number of ether oxygens (including phenoxy) is 5. The van der Waals surface area contributed by atoms with Crippen LogP contribution in [0.1, 0.15) is 129 Å². The molecule has 0 aromatic heterocycles. The number of hydrogen-bond acceptors (Lipinski definition) is 13. The van der Waals surface area contributed by atoms with Gasteiger partial charge in [0.05, 0.1) is 0 Å². The number of ketones is 2. The van der Waals surface area contributed by atoms with E-state index in [2.05, 4.69) is 10.6 Å². The maximum atomic E-state index is 15.2. The number of nitrogens with one attached hydrogen (secondary N) is 2. The van der Waals surface area contributed by atoms with Gasteiger partial charge in [0.15, 0.2) is 11.6 Å². The first-order valence-corrected chi connectivity index (χ1v) is 25.1. The van der Waals surface area contributed by atoms with Gasteiger partial charge in [-0.15, -0.1) is 0 Å². The number of alkyl carbamates (subject to hydrolysis) is 1. The summed E-state index contributed by atoms with van der Waals surface area (Å²) in [5.41, 5.74) is 0.0108. The van der Waals surface area contributed by atoms with Crippen LogP contribution in [-0.2, 0) is 39.8 Å². The van der Waals surface area contributed by atoms with Crippen molar-refractivity contribution in [1.82, 2.24) is 15.5 Å². The van der Waals surface area contributed by atoms with Crippen LogP contribution in [0.3, 0.4) is 0 Å². The number of carboxylic acid groups (broad SMARTS) is 1. The number of benzene rings is 4. The summed E-state index contributed by atoms with van der Waals surface area (Å²) in [6.07, 6.45) is -2.90. The van der Waals surface area contributed by atoms with Crippen LogP contribution in [0.25, 0.3) is 22.3 Å². The zero-order valence-electron chi connectivity index (χ0n) is 44.4. The van der Waals surface area contributed by atoms with Gasteiger partial charge in [-0.05, 0) is 134 Å². The summed E-state index contributed by atoms with van der Waals surface area (Å²) in [4.78, 5) is 111. The van der Waals surface area contributed by atoms with Crippen molar-refractivity contribution in [3.63, 3.8) is 0 Å². The Hall–Kier alpha value is -7.27. The van der Waals surface area contributed by atoms with E-state index in [0.29, 0.717) is 29.0 Å². The molecule has 3 amide bonds. The summed E-state index contributed by atoms with van der Waals surface area (Å²) in [6, 6.07) is 19.9. The Morgan fingerprint density at radius 2 is 1.25 bits per heavy atom. The standard InChI is InChI=1S/C57H68ClN3O14/c1-33-28-45(63)48(61(11)50(65)39(14-12-13-27-59-52(68)73-55(2,3)4)32-44(62)37-18-16-35(17-19-37)36-20-23-40(58)24-21-36)38-22-26-47(72-54(70)75-57(8,9)10)42(31-38)41-29-34(30-43(51(66)67)60-49(33)64)15-25-46(41)71-53(69)74-56(5,6)7/h15-26,29,31,33,39,43,48H,12-14,27-28,30,32H2,1-11H3,(H,59,68)(H,60,64)(H,66,67)/t33-,39-,43+,48+/m1/s1. The van der Waals surface area contributed by atoms with Crippen LogP contribution in [0, 0.1) is 11.8 Å². The Morgan fingerprint density at radius 1 is 0.720 bits per heavy atom. The lowest BCUT2D eigenvalue weighted by molar-refractivity contribution is -0.144. The molecule has 3 N–H and O–H groups in total. The van der Waals surface area contributed by atoms with E-state index in [1.807, 2.05) is 12.1 Å². The van der Waals surface area contributed by atoms with E-state index in [9.17, 15) is 38.7 Å². The van der Waals surface area contributed by atoms with Crippen LogP contribution in [0.15, 0.2) is 84.9 Å². The van der Waals surface area contributed by atoms with Gasteiger partial charge in [0.25, 0.3) is 0 Å². The summed E-state index contributed by atoms with van der Waals surface area (Å²) < 4.78 is 27.9. The zero-order chi connectivity index (χ0) is 55.6. The number of hydrogen-bond donors (Lipinski definition) is 3. The first-order valence-electron chi connectivity index (χ1n) is 24.7. The number of halogens is 1. The highest BCUT2D eigenvalue weighted by atomic mass is 35.5. The molecule has 75 heavy (non-hydrogen) atoms. The summed E-state index contributed by atoms with van der Waals surface area (Å²) in [7, 11) is 1.41. The van der Waals surface area contributed by atoms with Gasteiger partial charge in [0.2, 0.25) is 11.8 Å². The Labute approximate surface area is 442 Å². The third-order valence-corrected chi connectivity index (χ3v) is 11.9. The minimum atomic E-state index is -1.49. The molecular weight excluding hydrogens is 986 g/mol. The molecule has 4 aromatic rings. The molecule has 17 nitrogen and oxygen atoms in total. The predicted molar refractivity (Wildman–Crippen MR) is 281 cm³/mol. The van der Waals surface area contributed by atoms with Crippen molar-refractivity contribution in [2.75, 3.05) is 13.6 Å². The molecule has 0 unspecified atom stereocenters. The van der Waals surface area contributed by atoms with Crippen molar-refractivity contribution in [3.05, 3.63) is 107 Å². The van der Waals surface area contributed by atoms with Crippen LogP contribution < -0.4 is 20.1 Å². The van der Waals surface area contributed by atoms with E-state index < -0.39 is 89.1 Å². The third-order valence-electron chi connectivity index (χ3n) is 11.7. The topological polar surface area (TPSA) is 230 Å². The normalized spacial score (nSPS) is 16.5. The number of rotatable bonds is 14. The van der Waals surface area contributed by atoms with Crippen LogP contribution in [0.4, 0.5) is 14.4 Å². The highest BCUT2D eigenvalue weighted by Crippen LogP contribution is 2.41. The number of unbranched alkanes of at least 4 members (excludes halogenated alkanes) is 1. The summed E-state index contributed by atoms with van der Waals surface area (Å²) in [6.45, 7) is 16.7. The summed E-state index contributed by atoms with van der Waals surface area (Å²) in [5.74, 6) is -6.05. The van der Waals surface area contributed by atoms with Gasteiger partial charge in [-0.1, -0.05) is 73.5 Å². The number of Topliss-reactive ketones (excluding diaryl/α,β-unsaturated/α-hetero) is 2. The van der Waals surface area contributed by atoms with E-state index in [-0.39, 0.29) is 59.8 Å². The highest BCUT2D eigenvalue weighted by Gasteiger charge is 2.37. The van der Waals surface area contributed by atoms with Crippen molar-refractivity contribution in [2.24, 2.45) is 11.8 Å². The molecule has 0 radical (unpaired) electrons. The third kappa shape index (κ3) is 17.7. The fourth-order valence-corrected chi connectivity index (χ4v) is 8.33. The zero-order valence-corrected chi connectivity index (χ0v) is 45.2. The van der Waals surface area contributed by atoms with Gasteiger partial charge >= 0.3 is 24.4 Å².